The van der Waals surface area contributed by atoms with Gasteiger partial charge in [-0.25, -0.2) is 4.79 Å². The molecule has 1 heterocycles. The van der Waals surface area contributed by atoms with Crippen molar-refractivity contribution in [1.82, 2.24) is 4.90 Å². The number of hydrogen-bond acceptors (Lipinski definition) is 3. The lowest BCUT2D eigenvalue weighted by atomic mass is 9.87. The Morgan fingerprint density at radius 1 is 1.10 bits per heavy atom. The Morgan fingerprint density at radius 3 is 2.35 bits per heavy atom. The van der Waals surface area contributed by atoms with E-state index < -0.39 is 18.2 Å². The zero-order valence-corrected chi connectivity index (χ0v) is 12.2. The average Bonchev–Trinajstić information content (AvgIpc) is 2.95. The lowest BCUT2D eigenvalue weighted by molar-refractivity contribution is -0.154. The summed E-state index contributed by atoms with van der Waals surface area (Å²) in [7, 11) is 1.79. The molecule has 1 amide bonds. The summed E-state index contributed by atoms with van der Waals surface area (Å²) < 4.78 is 5.31. The maximum Gasteiger partial charge on any atom is 0.332 e. The molecule has 2 aliphatic rings. The minimum absolute atomic E-state index is 0.0652. The van der Waals surface area contributed by atoms with Crippen molar-refractivity contribution < 1.29 is 19.4 Å². The highest BCUT2D eigenvalue weighted by Crippen LogP contribution is 2.27. The van der Waals surface area contributed by atoms with Crippen LogP contribution < -0.4 is 0 Å². The molecule has 0 unspecified atom stereocenters. The first kappa shape index (κ1) is 15.3. The van der Waals surface area contributed by atoms with Crippen molar-refractivity contribution in [3.05, 3.63) is 0 Å². The molecular formula is C15H25NO4. The Morgan fingerprint density at radius 2 is 1.75 bits per heavy atom. The number of amides is 1. The van der Waals surface area contributed by atoms with Gasteiger partial charge in [-0.05, 0) is 25.2 Å². The standard InChI is InChI=1S/C15H25NO4/c1-16(10-9-11-5-3-2-4-6-11)14(17)12-7-8-13(20-12)15(18)19/h11-13H,2-10H2,1H3,(H,18,19)/t12-,13+/m0/s1. The molecule has 1 N–H and O–H groups in total. The van der Waals surface area contributed by atoms with Crippen molar-refractivity contribution in [3.63, 3.8) is 0 Å². The molecule has 2 atom stereocenters. The van der Waals surface area contributed by atoms with Gasteiger partial charge in [0.05, 0.1) is 0 Å². The fourth-order valence-electron chi connectivity index (χ4n) is 3.21. The molecule has 5 heteroatoms. The van der Waals surface area contributed by atoms with Crippen LogP contribution in [0.3, 0.4) is 0 Å². The van der Waals surface area contributed by atoms with Crippen LogP contribution in [0, 0.1) is 5.92 Å². The number of rotatable bonds is 5. The molecule has 2 fully saturated rings. The van der Waals surface area contributed by atoms with Gasteiger partial charge in [-0.1, -0.05) is 32.1 Å². The maximum atomic E-state index is 12.2. The number of ether oxygens (including phenoxy) is 1. The number of carbonyl (C=O) groups is 2. The topological polar surface area (TPSA) is 66.8 Å². The van der Waals surface area contributed by atoms with Gasteiger partial charge in [-0.15, -0.1) is 0 Å². The van der Waals surface area contributed by atoms with Gasteiger partial charge in [0.25, 0.3) is 5.91 Å². The van der Waals surface area contributed by atoms with Crippen molar-refractivity contribution in [1.29, 1.82) is 0 Å². The zero-order chi connectivity index (χ0) is 14.5. The number of carboxylic acids is 1. The van der Waals surface area contributed by atoms with Gasteiger partial charge in [0.15, 0.2) is 6.10 Å². The molecule has 1 saturated heterocycles. The Kier molecular flexibility index (Phi) is 5.40. The third-order valence-electron chi connectivity index (χ3n) is 4.54. The van der Waals surface area contributed by atoms with Crippen molar-refractivity contribution >= 4 is 11.9 Å². The van der Waals surface area contributed by atoms with E-state index in [0.717, 1.165) is 18.9 Å². The molecule has 1 saturated carbocycles. The van der Waals surface area contributed by atoms with Crippen LogP contribution in [0.4, 0.5) is 0 Å². The minimum Gasteiger partial charge on any atom is -0.479 e. The van der Waals surface area contributed by atoms with Crippen LogP contribution >= 0.6 is 0 Å². The normalized spacial score (nSPS) is 27.4. The minimum atomic E-state index is -0.967. The monoisotopic (exact) mass is 283 g/mol. The largest absolute Gasteiger partial charge is 0.479 e. The van der Waals surface area contributed by atoms with Gasteiger partial charge in [-0.3, -0.25) is 4.79 Å². The van der Waals surface area contributed by atoms with Gasteiger partial charge in [0.2, 0.25) is 0 Å². The van der Waals surface area contributed by atoms with Crippen LogP contribution in [0.2, 0.25) is 0 Å². The van der Waals surface area contributed by atoms with Crippen LogP contribution in [0.15, 0.2) is 0 Å². The number of aliphatic carboxylic acids is 1. The average molecular weight is 283 g/mol. The molecular weight excluding hydrogens is 258 g/mol. The summed E-state index contributed by atoms with van der Waals surface area (Å²) in [5, 5.41) is 8.88. The molecule has 0 aromatic heterocycles. The van der Waals surface area contributed by atoms with Crippen molar-refractivity contribution in [3.8, 4) is 0 Å². The number of nitrogens with zero attached hydrogens (tertiary/aromatic N) is 1. The first-order valence-corrected chi connectivity index (χ1v) is 7.71. The third-order valence-corrected chi connectivity index (χ3v) is 4.54. The molecule has 1 aliphatic carbocycles. The number of hydrogen-bond donors (Lipinski definition) is 1. The summed E-state index contributed by atoms with van der Waals surface area (Å²) in [4.78, 5) is 24.7. The van der Waals surface area contributed by atoms with Crippen LogP contribution in [-0.4, -0.2) is 47.7 Å². The van der Waals surface area contributed by atoms with Gasteiger partial charge < -0.3 is 14.7 Å². The van der Waals surface area contributed by atoms with Crippen LogP contribution in [-0.2, 0) is 14.3 Å². The molecule has 0 aromatic rings. The van der Waals surface area contributed by atoms with Crippen molar-refractivity contribution in [2.75, 3.05) is 13.6 Å². The van der Waals surface area contributed by atoms with Gasteiger partial charge in [0.1, 0.15) is 6.10 Å². The molecule has 0 aromatic carbocycles. The smallest absolute Gasteiger partial charge is 0.332 e. The van der Waals surface area contributed by atoms with E-state index in [1.807, 2.05) is 0 Å². The molecule has 0 spiro atoms. The Hall–Kier alpha value is -1.10. The van der Waals surface area contributed by atoms with E-state index >= 15 is 0 Å². The first-order valence-electron chi connectivity index (χ1n) is 7.71. The third kappa shape index (κ3) is 3.95. The lowest BCUT2D eigenvalue weighted by Crippen LogP contribution is -2.38. The maximum absolute atomic E-state index is 12.2. The SMILES string of the molecule is CN(CCC1CCCCC1)C(=O)[C@@H]1CC[C@H](C(=O)O)O1. The predicted molar refractivity (Wildman–Crippen MR) is 74.4 cm³/mol. The quantitative estimate of drug-likeness (QED) is 0.838. The number of likely N-dealkylation sites (N-methyl/N-ethyl adjacent to an activating group) is 1. The van der Waals surface area contributed by atoms with Gasteiger partial charge >= 0.3 is 5.97 Å². The van der Waals surface area contributed by atoms with Crippen molar-refractivity contribution in [2.24, 2.45) is 5.92 Å². The van der Waals surface area contributed by atoms with Crippen LogP contribution in [0.25, 0.3) is 0 Å². The number of carboxylic acid groups (broad SMARTS) is 1. The Labute approximate surface area is 120 Å². The summed E-state index contributed by atoms with van der Waals surface area (Å²) >= 11 is 0. The van der Waals surface area contributed by atoms with Gasteiger partial charge in [-0.2, -0.15) is 0 Å². The van der Waals surface area contributed by atoms with E-state index in [9.17, 15) is 9.59 Å². The summed E-state index contributed by atoms with van der Waals surface area (Å²) in [6, 6.07) is 0. The van der Waals surface area contributed by atoms with E-state index in [1.54, 1.807) is 11.9 Å². The summed E-state index contributed by atoms with van der Waals surface area (Å²) in [6.45, 7) is 0.751. The van der Waals surface area contributed by atoms with E-state index in [4.69, 9.17) is 9.84 Å². The highest BCUT2D eigenvalue weighted by Gasteiger charge is 2.36. The second-order valence-corrected chi connectivity index (χ2v) is 6.08. The van der Waals surface area contributed by atoms with Crippen LogP contribution in [0.5, 0.6) is 0 Å². The predicted octanol–water partition coefficient (Wildman–Crippen LogP) is 2.05. The molecule has 1 aliphatic heterocycles. The summed E-state index contributed by atoms with van der Waals surface area (Å²) in [5.74, 6) is -0.287. The fourth-order valence-corrected chi connectivity index (χ4v) is 3.21. The highest BCUT2D eigenvalue weighted by molar-refractivity contribution is 5.82. The summed E-state index contributed by atoms with van der Waals surface area (Å²) in [5.41, 5.74) is 0. The fraction of sp³-hybridized carbons (Fsp3) is 0.867. The molecule has 0 bridgehead atoms. The van der Waals surface area contributed by atoms with Gasteiger partial charge in [0, 0.05) is 13.6 Å². The molecule has 2 rings (SSSR count). The number of carbonyl (C=O) groups excluding carboxylic acids is 1. The second-order valence-electron chi connectivity index (χ2n) is 6.08. The molecule has 20 heavy (non-hydrogen) atoms. The summed E-state index contributed by atoms with van der Waals surface area (Å²) in [6.07, 6.45) is 7.17. The first-order chi connectivity index (χ1) is 9.58. The van der Waals surface area contributed by atoms with E-state index in [1.165, 1.54) is 32.1 Å². The van der Waals surface area contributed by atoms with E-state index in [0.29, 0.717) is 12.8 Å². The zero-order valence-electron chi connectivity index (χ0n) is 12.2. The molecule has 5 nitrogen and oxygen atoms in total. The Balaban J connectivity index is 1.73. The lowest BCUT2D eigenvalue weighted by Gasteiger charge is -2.26. The highest BCUT2D eigenvalue weighted by atomic mass is 16.5. The molecule has 114 valence electrons. The second kappa shape index (κ2) is 7.07. The molecule has 0 radical (unpaired) electrons. The van der Waals surface area contributed by atoms with E-state index in [2.05, 4.69) is 0 Å². The van der Waals surface area contributed by atoms with Crippen LogP contribution in [0.1, 0.15) is 51.4 Å². The van der Waals surface area contributed by atoms with E-state index in [-0.39, 0.29) is 5.91 Å². The Bertz CT molecular complexity index is 352. The van der Waals surface area contributed by atoms with Crippen molar-refractivity contribution in [2.45, 2.75) is 63.6 Å².